The maximum absolute atomic E-state index is 12.8. The highest BCUT2D eigenvalue weighted by Gasteiger charge is 2.25. The largest absolute Gasteiger partial charge is 0.478 e. The van der Waals surface area contributed by atoms with Gasteiger partial charge in [0, 0.05) is 36.3 Å². The molecule has 0 bridgehead atoms. The Balaban J connectivity index is 1.45. The van der Waals surface area contributed by atoms with Crippen LogP contribution in [0.5, 0.6) is 0 Å². The summed E-state index contributed by atoms with van der Waals surface area (Å²) in [6.07, 6.45) is 3.10. The van der Waals surface area contributed by atoms with Gasteiger partial charge >= 0.3 is 5.97 Å². The summed E-state index contributed by atoms with van der Waals surface area (Å²) in [6.45, 7) is 5.73. The number of pyridine rings is 1. The van der Waals surface area contributed by atoms with E-state index in [1.165, 1.54) is 6.20 Å². The number of hydrogen-bond acceptors (Lipinski definition) is 8. The van der Waals surface area contributed by atoms with Crippen molar-refractivity contribution in [1.82, 2.24) is 10.3 Å². The first-order valence-electron chi connectivity index (χ1n) is 12.6. The molecule has 0 unspecified atom stereocenters. The minimum absolute atomic E-state index is 0.116. The number of rotatable bonds is 6. The molecule has 2 aromatic carbocycles. The lowest BCUT2D eigenvalue weighted by atomic mass is 10.0. The first kappa shape index (κ1) is 27.6. The van der Waals surface area contributed by atoms with Gasteiger partial charge in [0.15, 0.2) is 5.17 Å². The summed E-state index contributed by atoms with van der Waals surface area (Å²) in [5.74, 6) is -1.70. The summed E-state index contributed by atoms with van der Waals surface area (Å²) in [4.78, 5) is 48.1. The first-order chi connectivity index (χ1) is 19.2. The molecule has 2 saturated heterocycles. The lowest BCUT2D eigenvalue weighted by molar-refractivity contribution is -0.119. The molecule has 3 N–H and O–H groups in total. The van der Waals surface area contributed by atoms with Crippen LogP contribution in [-0.2, 0) is 14.3 Å². The summed E-state index contributed by atoms with van der Waals surface area (Å²) < 4.78 is 5.45. The highest BCUT2D eigenvalue weighted by atomic mass is 35.5. The number of anilines is 2. The molecular formula is C28H26ClN5O5S. The number of aromatic carboxylic acids is 1. The van der Waals surface area contributed by atoms with Gasteiger partial charge in [-0.2, -0.15) is 0 Å². The van der Waals surface area contributed by atoms with Crippen LogP contribution in [0.25, 0.3) is 17.0 Å². The quantitative estimate of drug-likeness (QED) is 0.351. The molecule has 2 aliphatic rings. The number of benzene rings is 2. The molecule has 10 nitrogen and oxygen atoms in total. The van der Waals surface area contributed by atoms with E-state index in [1.54, 1.807) is 44.2 Å². The monoisotopic (exact) mass is 579 g/mol. The van der Waals surface area contributed by atoms with E-state index in [1.807, 2.05) is 17.0 Å². The number of ether oxygens (including phenoxy) is 1. The fraction of sp³-hybridized carbons (Fsp3) is 0.250. The average molecular weight is 580 g/mol. The number of hydrogen-bond donors (Lipinski definition) is 3. The topological polar surface area (TPSA) is 133 Å². The molecule has 206 valence electrons. The van der Waals surface area contributed by atoms with E-state index in [0.717, 1.165) is 11.8 Å². The van der Waals surface area contributed by atoms with E-state index in [9.17, 15) is 19.5 Å². The number of carbonyl (C=O) groups is 3. The van der Waals surface area contributed by atoms with Crippen LogP contribution in [0.3, 0.4) is 0 Å². The summed E-state index contributed by atoms with van der Waals surface area (Å²) in [5, 5.41) is 16.8. The SMILES string of the molecule is CC(C)C(=O)Nc1ccc(Cl)c(N=C2NC(=O)/C(=C/c3ccc4ncc(C(=O)O)c(N5CCOCC5)c4c3)S2)c1. The molecule has 0 saturated carbocycles. The normalized spacial score (nSPS) is 17.6. The third kappa shape index (κ3) is 5.96. The number of morpholine rings is 1. The Morgan fingerprint density at radius 1 is 1.23 bits per heavy atom. The molecule has 1 aromatic heterocycles. The van der Waals surface area contributed by atoms with Gasteiger partial charge in [-0.3, -0.25) is 14.6 Å². The number of halogens is 1. The van der Waals surface area contributed by atoms with Gasteiger partial charge in [0.2, 0.25) is 5.91 Å². The van der Waals surface area contributed by atoms with Crippen molar-refractivity contribution < 1.29 is 24.2 Å². The van der Waals surface area contributed by atoms with Crippen molar-refractivity contribution in [3.05, 3.63) is 63.6 Å². The van der Waals surface area contributed by atoms with Crippen LogP contribution in [0.1, 0.15) is 29.8 Å². The number of carbonyl (C=O) groups excluding carboxylic acids is 2. The maximum atomic E-state index is 12.8. The maximum Gasteiger partial charge on any atom is 0.339 e. The Hall–Kier alpha value is -3.93. The lowest BCUT2D eigenvalue weighted by Crippen LogP contribution is -2.37. The molecular weight excluding hydrogens is 554 g/mol. The second kappa shape index (κ2) is 11.7. The number of fused-ring (bicyclic) bond motifs is 1. The van der Waals surface area contributed by atoms with Crippen molar-refractivity contribution in [1.29, 1.82) is 0 Å². The third-order valence-corrected chi connectivity index (χ3v) is 7.56. The molecule has 2 aliphatic heterocycles. The summed E-state index contributed by atoms with van der Waals surface area (Å²) >= 11 is 7.49. The molecule has 3 heterocycles. The van der Waals surface area contributed by atoms with Crippen LogP contribution >= 0.6 is 23.4 Å². The highest BCUT2D eigenvalue weighted by Crippen LogP contribution is 2.35. The number of aromatic nitrogens is 1. The number of nitrogens with zero attached hydrogens (tertiary/aromatic N) is 3. The van der Waals surface area contributed by atoms with Gasteiger partial charge in [-0.15, -0.1) is 0 Å². The molecule has 40 heavy (non-hydrogen) atoms. The zero-order chi connectivity index (χ0) is 28.4. The van der Waals surface area contributed by atoms with Crippen molar-refractivity contribution in [2.45, 2.75) is 13.8 Å². The first-order valence-corrected chi connectivity index (χ1v) is 13.8. The van der Waals surface area contributed by atoms with Crippen molar-refractivity contribution in [2.75, 3.05) is 36.5 Å². The van der Waals surface area contributed by atoms with E-state index in [0.29, 0.717) is 74.9 Å². The molecule has 0 spiro atoms. The van der Waals surface area contributed by atoms with Crippen molar-refractivity contribution in [3.63, 3.8) is 0 Å². The second-order valence-electron chi connectivity index (χ2n) is 9.49. The zero-order valence-electron chi connectivity index (χ0n) is 21.7. The van der Waals surface area contributed by atoms with E-state index in [4.69, 9.17) is 16.3 Å². The van der Waals surface area contributed by atoms with Crippen molar-refractivity contribution in [2.24, 2.45) is 10.9 Å². The average Bonchev–Trinajstić information content (AvgIpc) is 3.28. The Morgan fingerprint density at radius 2 is 2.00 bits per heavy atom. The van der Waals surface area contributed by atoms with Gasteiger partial charge in [0.05, 0.1) is 40.0 Å². The predicted octanol–water partition coefficient (Wildman–Crippen LogP) is 4.91. The van der Waals surface area contributed by atoms with Gasteiger partial charge in [-0.25, -0.2) is 9.79 Å². The molecule has 5 rings (SSSR count). The van der Waals surface area contributed by atoms with Crippen LogP contribution < -0.4 is 15.5 Å². The van der Waals surface area contributed by atoms with Crippen LogP contribution in [0.15, 0.2) is 52.5 Å². The smallest absolute Gasteiger partial charge is 0.339 e. The molecule has 2 amide bonds. The van der Waals surface area contributed by atoms with Gasteiger partial charge in [0.1, 0.15) is 5.56 Å². The standard InChI is InChI=1S/C28H26ClN5O5S/c1-15(2)25(35)31-17-4-5-20(29)22(13-17)32-28-33-26(36)23(40-28)12-16-3-6-21-18(11-16)24(19(14-30-21)27(37)38)34-7-9-39-10-8-34/h3-6,11-15H,7-10H2,1-2H3,(H,31,35)(H,37,38)(H,32,33,36)/b23-12-. The Morgan fingerprint density at radius 3 is 2.73 bits per heavy atom. The van der Waals surface area contributed by atoms with Gasteiger partial charge in [-0.05, 0) is 53.7 Å². The number of amides is 2. The number of amidine groups is 1. The number of thioether (sulfide) groups is 1. The van der Waals surface area contributed by atoms with Crippen LogP contribution in [0, 0.1) is 5.92 Å². The predicted molar refractivity (Wildman–Crippen MR) is 157 cm³/mol. The Labute approximate surface area is 239 Å². The van der Waals surface area contributed by atoms with Crippen LogP contribution in [0.2, 0.25) is 5.02 Å². The third-order valence-electron chi connectivity index (χ3n) is 6.33. The van der Waals surface area contributed by atoms with Gasteiger partial charge < -0.3 is 25.4 Å². The summed E-state index contributed by atoms with van der Waals surface area (Å²) in [7, 11) is 0. The lowest BCUT2D eigenvalue weighted by Gasteiger charge is -2.30. The zero-order valence-corrected chi connectivity index (χ0v) is 23.3. The molecule has 2 fully saturated rings. The second-order valence-corrected chi connectivity index (χ2v) is 10.9. The number of aliphatic imine (C=N–C) groups is 1. The number of carboxylic acid groups (broad SMARTS) is 1. The van der Waals surface area contributed by atoms with E-state index < -0.39 is 5.97 Å². The van der Waals surface area contributed by atoms with Gasteiger partial charge in [0.25, 0.3) is 5.91 Å². The molecule has 0 radical (unpaired) electrons. The Bertz CT molecular complexity index is 1580. The number of nitrogens with one attached hydrogen (secondary N) is 2. The summed E-state index contributed by atoms with van der Waals surface area (Å²) in [5.41, 5.74) is 3.02. The molecule has 0 atom stereocenters. The Kier molecular flexibility index (Phi) is 8.06. The van der Waals surface area contributed by atoms with E-state index in [-0.39, 0.29) is 23.3 Å². The molecule has 3 aromatic rings. The fourth-order valence-electron chi connectivity index (χ4n) is 4.27. The fourth-order valence-corrected chi connectivity index (χ4v) is 5.27. The highest BCUT2D eigenvalue weighted by molar-refractivity contribution is 8.18. The molecule has 12 heteroatoms. The van der Waals surface area contributed by atoms with E-state index >= 15 is 0 Å². The molecule has 0 aliphatic carbocycles. The minimum Gasteiger partial charge on any atom is -0.478 e. The van der Waals surface area contributed by atoms with Crippen LogP contribution in [0.4, 0.5) is 17.1 Å². The number of carboxylic acids is 1. The minimum atomic E-state index is -1.06. The van der Waals surface area contributed by atoms with Gasteiger partial charge in [-0.1, -0.05) is 31.5 Å². The van der Waals surface area contributed by atoms with Crippen molar-refractivity contribution in [3.8, 4) is 0 Å². The summed E-state index contributed by atoms with van der Waals surface area (Å²) in [6, 6.07) is 10.4. The van der Waals surface area contributed by atoms with Crippen LogP contribution in [-0.4, -0.2) is 59.3 Å². The van der Waals surface area contributed by atoms with Crippen molar-refractivity contribution >= 4 is 80.4 Å². The van der Waals surface area contributed by atoms with E-state index in [2.05, 4.69) is 20.6 Å².